The normalized spacial score (nSPS) is 18.2. The molecule has 0 spiro atoms. The lowest BCUT2D eigenvalue weighted by Gasteiger charge is -2.07. The first-order chi connectivity index (χ1) is 8.92. The van der Waals surface area contributed by atoms with Gasteiger partial charge in [-0.2, -0.15) is 0 Å². The highest BCUT2D eigenvalue weighted by Gasteiger charge is 2.17. The first-order valence-electron chi connectivity index (χ1n) is 6.15. The van der Waals surface area contributed by atoms with E-state index in [4.69, 9.17) is 4.84 Å². The largest absolute Gasteiger partial charge is 0.268 e. The molecule has 2 nitrogen and oxygen atoms in total. The minimum atomic E-state index is 0.0996. The van der Waals surface area contributed by atoms with Gasteiger partial charge in [0.2, 0.25) is 0 Å². The molecule has 2 aromatic carbocycles. The summed E-state index contributed by atoms with van der Waals surface area (Å²) in [4.78, 5) is 5.58. The predicted octanol–water partition coefficient (Wildman–Crippen LogP) is 3.17. The van der Waals surface area contributed by atoms with E-state index in [0.717, 1.165) is 17.7 Å². The summed E-state index contributed by atoms with van der Waals surface area (Å²) in [5, 5.41) is 0. The van der Waals surface area contributed by atoms with Crippen molar-refractivity contribution in [1.82, 2.24) is 5.48 Å². The van der Waals surface area contributed by atoms with E-state index in [-0.39, 0.29) is 6.10 Å². The standard InChI is InChI=1S/C16H15NO/c1-3-7-13(8-4-1)11-15-12-16(17-18-15)14-9-5-2-6-10-14/h1-10,12,15,17H,11H2. The molecule has 0 saturated carbocycles. The average Bonchev–Trinajstić information content (AvgIpc) is 2.89. The summed E-state index contributed by atoms with van der Waals surface area (Å²) in [6.45, 7) is 0. The summed E-state index contributed by atoms with van der Waals surface area (Å²) in [5.41, 5.74) is 6.50. The van der Waals surface area contributed by atoms with Gasteiger partial charge in [0, 0.05) is 6.42 Å². The van der Waals surface area contributed by atoms with Crippen molar-refractivity contribution in [3.05, 3.63) is 77.9 Å². The van der Waals surface area contributed by atoms with E-state index in [1.54, 1.807) is 0 Å². The minimum Gasteiger partial charge on any atom is -0.268 e. The van der Waals surface area contributed by atoms with Gasteiger partial charge in [0.15, 0.2) is 0 Å². The van der Waals surface area contributed by atoms with Gasteiger partial charge in [-0.05, 0) is 17.2 Å². The van der Waals surface area contributed by atoms with Gasteiger partial charge in [0.05, 0.1) is 5.70 Å². The fraction of sp³-hybridized carbons (Fsp3) is 0.125. The number of rotatable bonds is 3. The average molecular weight is 237 g/mol. The van der Waals surface area contributed by atoms with Gasteiger partial charge in [-0.1, -0.05) is 60.7 Å². The van der Waals surface area contributed by atoms with E-state index in [2.05, 4.69) is 48.0 Å². The molecule has 0 radical (unpaired) electrons. The summed E-state index contributed by atoms with van der Waals surface area (Å²) >= 11 is 0. The molecule has 0 saturated heterocycles. The Kier molecular flexibility index (Phi) is 3.11. The maximum absolute atomic E-state index is 5.58. The van der Waals surface area contributed by atoms with Gasteiger partial charge in [0.1, 0.15) is 6.10 Å². The Hall–Kier alpha value is -2.06. The van der Waals surface area contributed by atoms with Crippen molar-refractivity contribution in [1.29, 1.82) is 0 Å². The number of benzene rings is 2. The second-order valence-electron chi connectivity index (χ2n) is 4.39. The van der Waals surface area contributed by atoms with Crippen LogP contribution in [0.1, 0.15) is 11.1 Å². The van der Waals surface area contributed by atoms with Crippen molar-refractivity contribution in [2.75, 3.05) is 0 Å². The van der Waals surface area contributed by atoms with Gasteiger partial charge in [-0.15, -0.1) is 0 Å². The van der Waals surface area contributed by atoms with Crippen LogP contribution in [0.4, 0.5) is 0 Å². The summed E-state index contributed by atoms with van der Waals surface area (Å²) in [7, 11) is 0. The lowest BCUT2D eigenvalue weighted by atomic mass is 10.1. The zero-order chi connectivity index (χ0) is 12.2. The highest BCUT2D eigenvalue weighted by atomic mass is 16.7. The Morgan fingerprint density at radius 3 is 2.28 bits per heavy atom. The van der Waals surface area contributed by atoms with Crippen molar-refractivity contribution >= 4 is 5.70 Å². The summed E-state index contributed by atoms with van der Waals surface area (Å²) < 4.78 is 0. The van der Waals surface area contributed by atoms with Crippen LogP contribution in [0.3, 0.4) is 0 Å². The van der Waals surface area contributed by atoms with E-state index >= 15 is 0 Å². The molecule has 1 atom stereocenters. The molecule has 2 heteroatoms. The van der Waals surface area contributed by atoms with Crippen LogP contribution < -0.4 is 5.48 Å². The topological polar surface area (TPSA) is 21.3 Å². The fourth-order valence-corrected chi connectivity index (χ4v) is 2.11. The highest BCUT2D eigenvalue weighted by Crippen LogP contribution is 2.20. The molecule has 1 aliphatic rings. The molecule has 2 aromatic rings. The Morgan fingerprint density at radius 1 is 0.889 bits per heavy atom. The van der Waals surface area contributed by atoms with Gasteiger partial charge < -0.3 is 0 Å². The molecule has 0 fully saturated rings. The molecule has 0 amide bonds. The molecule has 1 unspecified atom stereocenters. The van der Waals surface area contributed by atoms with Gasteiger partial charge >= 0.3 is 0 Å². The molecular weight excluding hydrogens is 222 g/mol. The lowest BCUT2D eigenvalue weighted by molar-refractivity contribution is 0.0520. The zero-order valence-corrected chi connectivity index (χ0v) is 10.0. The predicted molar refractivity (Wildman–Crippen MR) is 72.6 cm³/mol. The smallest absolute Gasteiger partial charge is 0.110 e. The Bertz CT molecular complexity index is 534. The van der Waals surface area contributed by atoms with Gasteiger partial charge in [-0.3, -0.25) is 10.3 Å². The van der Waals surface area contributed by atoms with Crippen LogP contribution in [0.2, 0.25) is 0 Å². The Balaban J connectivity index is 1.73. The van der Waals surface area contributed by atoms with Crippen molar-refractivity contribution < 1.29 is 4.84 Å². The van der Waals surface area contributed by atoms with Crippen LogP contribution in [0.5, 0.6) is 0 Å². The quantitative estimate of drug-likeness (QED) is 0.885. The first kappa shape index (κ1) is 11.1. The van der Waals surface area contributed by atoms with Crippen LogP contribution >= 0.6 is 0 Å². The highest BCUT2D eigenvalue weighted by molar-refractivity contribution is 5.64. The Morgan fingerprint density at radius 2 is 1.56 bits per heavy atom. The number of nitrogens with one attached hydrogen (secondary N) is 1. The molecule has 0 aromatic heterocycles. The number of hydrogen-bond acceptors (Lipinski definition) is 2. The van der Waals surface area contributed by atoms with Crippen molar-refractivity contribution in [2.24, 2.45) is 0 Å². The van der Waals surface area contributed by atoms with Crippen LogP contribution in [0.15, 0.2) is 66.7 Å². The second kappa shape index (κ2) is 5.07. The molecule has 0 bridgehead atoms. The molecule has 1 heterocycles. The minimum absolute atomic E-state index is 0.0996. The SMILES string of the molecule is C1=C(c2ccccc2)NOC1Cc1ccccc1. The van der Waals surface area contributed by atoms with Crippen molar-refractivity contribution in [3.63, 3.8) is 0 Å². The van der Waals surface area contributed by atoms with Crippen LogP contribution in [-0.2, 0) is 11.3 Å². The van der Waals surface area contributed by atoms with Crippen molar-refractivity contribution in [2.45, 2.75) is 12.5 Å². The molecule has 1 N–H and O–H groups in total. The lowest BCUT2D eigenvalue weighted by Crippen LogP contribution is -2.14. The zero-order valence-electron chi connectivity index (χ0n) is 10.0. The number of hydrogen-bond donors (Lipinski definition) is 1. The van der Waals surface area contributed by atoms with E-state index in [9.17, 15) is 0 Å². The third-order valence-corrected chi connectivity index (χ3v) is 3.04. The third kappa shape index (κ3) is 2.44. The van der Waals surface area contributed by atoms with E-state index in [1.807, 2.05) is 24.3 Å². The van der Waals surface area contributed by atoms with E-state index in [1.165, 1.54) is 5.56 Å². The van der Waals surface area contributed by atoms with Crippen LogP contribution in [0.25, 0.3) is 5.70 Å². The Labute approximate surface area is 107 Å². The molecule has 1 aliphatic heterocycles. The number of hydroxylamine groups is 1. The maximum Gasteiger partial charge on any atom is 0.110 e. The summed E-state index contributed by atoms with van der Waals surface area (Å²) in [6, 6.07) is 20.6. The first-order valence-corrected chi connectivity index (χ1v) is 6.15. The summed E-state index contributed by atoms with van der Waals surface area (Å²) in [5.74, 6) is 0. The molecule has 18 heavy (non-hydrogen) atoms. The third-order valence-electron chi connectivity index (χ3n) is 3.04. The van der Waals surface area contributed by atoms with Crippen LogP contribution in [-0.4, -0.2) is 6.10 Å². The summed E-state index contributed by atoms with van der Waals surface area (Å²) in [6.07, 6.45) is 3.13. The van der Waals surface area contributed by atoms with E-state index < -0.39 is 0 Å². The second-order valence-corrected chi connectivity index (χ2v) is 4.39. The molecule has 90 valence electrons. The molecule has 0 aliphatic carbocycles. The van der Waals surface area contributed by atoms with Gasteiger partial charge in [-0.25, -0.2) is 0 Å². The fourth-order valence-electron chi connectivity index (χ4n) is 2.11. The monoisotopic (exact) mass is 237 g/mol. The van der Waals surface area contributed by atoms with Gasteiger partial charge in [0.25, 0.3) is 0 Å². The van der Waals surface area contributed by atoms with Crippen LogP contribution in [0, 0.1) is 0 Å². The molecule has 3 rings (SSSR count). The molecular formula is C16H15NO. The van der Waals surface area contributed by atoms with E-state index in [0.29, 0.717) is 0 Å². The van der Waals surface area contributed by atoms with Crippen molar-refractivity contribution in [3.8, 4) is 0 Å². The maximum atomic E-state index is 5.58.